The van der Waals surface area contributed by atoms with Gasteiger partial charge in [-0.15, -0.1) is 0 Å². The van der Waals surface area contributed by atoms with Gasteiger partial charge >= 0.3 is 5.69 Å². The summed E-state index contributed by atoms with van der Waals surface area (Å²) < 4.78 is 7.08. The lowest BCUT2D eigenvalue weighted by molar-refractivity contribution is -0.384. The number of hydrogen-bond acceptors (Lipinski definition) is 6. The van der Waals surface area contributed by atoms with E-state index in [9.17, 15) is 14.9 Å². The molecular weight excluding hydrogens is 290 g/mol. The van der Waals surface area contributed by atoms with E-state index in [2.05, 4.69) is 10.4 Å². The van der Waals surface area contributed by atoms with Gasteiger partial charge in [0.15, 0.2) is 0 Å². The van der Waals surface area contributed by atoms with Gasteiger partial charge in [-0.05, 0) is 12.8 Å². The van der Waals surface area contributed by atoms with Crippen LogP contribution in [0.3, 0.4) is 0 Å². The number of carbonyl (C=O) groups is 1. The topological polar surface area (TPSA) is 103 Å². The molecule has 2 aliphatic heterocycles. The SMILES string of the molecule is CCc1nn(C)c(N2CCC3OCC(=O)NC3C2)c1[N+](=O)[O-]. The van der Waals surface area contributed by atoms with E-state index in [1.165, 1.54) is 0 Å². The van der Waals surface area contributed by atoms with Crippen LogP contribution in [0, 0.1) is 10.1 Å². The van der Waals surface area contributed by atoms with E-state index in [0.29, 0.717) is 31.0 Å². The molecule has 0 aliphatic carbocycles. The minimum Gasteiger partial charge on any atom is -0.366 e. The van der Waals surface area contributed by atoms with Crippen molar-refractivity contribution in [3.05, 3.63) is 15.8 Å². The van der Waals surface area contributed by atoms with Gasteiger partial charge in [-0.3, -0.25) is 14.9 Å². The number of aromatic nitrogens is 2. The third-order valence-corrected chi connectivity index (χ3v) is 4.20. The van der Waals surface area contributed by atoms with Crippen molar-refractivity contribution in [2.45, 2.75) is 31.9 Å². The third kappa shape index (κ3) is 2.41. The molecule has 2 unspecified atom stereocenters. The van der Waals surface area contributed by atoms with Crippen LogP contribution in [-0.4, -0.2) is 52.5 Å². The van der Waals surface area contributed by atoms with Crippen molar-refractivity contribution in [1.82, 2.24) is 15.1 Å². The second-order valence-electron chi connectivity index (χ2n) is 5.61. The smallest absolute Gasteiger partial charge is 0.334 e. The first kappa shape index (κ1) is 14.8. The van der Waals surface area contributed by atoms with Crippen molar-refractivity contribution in [2.24, 2.45) is 7.05 Å². The van der Waals surface area contributed by atoms with Crippen molar-refractivity contribution < 1.29 is 14.5 Å². The van der Waals surface area contributed by atoms with Gasteiger partial charge in [0, 0.05) is 20.1 Å². The summed E-state index contributed by atoms with van der Waals surface area (Å²) in [5, 5.41) is 18.6. The van der Waals surface area contributed by atoms with Crippen molar-refractivity contribution in [2.75, 3.05) is 24.6 Å². The third-order valence-electron chi connectivity index (χ3n) is 4.20. The lowest BCUT2D eigenvalue weighted by Gasteiger charge is -2.41. The Hall–Kier alpha value is -2.16. The fourth-order valence-electron chi connectivity index (χ4n) is 3.23. The molecule has 1 N–H and O–H groups in total. The van der Waals surface area contributed by atoms with Gasteiger partial charge in [0.05, 0.1) is 17.1 Å². The summed E-state index contributed by atoms with van der Waals surface area (Å²) in [5.74, 6) is 0.358. The van der Waals surface area contributed by atoms with Crippen LogP contribution in [0.5, 0.6) is 0 Å². The Labute approximate surface area is 127 Å². The number of piperidine rings is 1. The highest BCUT2D eigenvalue weighted by molar-refractivity contribution is 5.78. The van der Waals surface area contributed by atoms with E-state index in [0.717, 1.165) is 6.42 Å². The first-order chi connectivity index (χ1) is 10.5. The van der Waals surface area contributed by atoms with E-state index >= 15 is 0 Å². The molecule has 0 bridgehead atoms. The van der Waals surface area contributed by atoms with Gasteiger partial charge in [-0.25, -0.2) is 4.68 Å². The Kier molecular flexibility index (Phi) is 3.73. The van der Waals surface area contributed by atoms with Crippen molar-refractivity contribution in [3.8, 4) is 0 Å². The predicted octanol–water partition coefficient (Wildman–Crippen LogP) is -0.0156. The number of ether oxygens (including phenoxy) is 1. The van der Waals surface area contributed by atoms with Gasteiger partial charge < -0.3 is 15.0 Å². The molecule has 1 aromatic heterocycles. The summed E-state index contributed by atoms with van der Waals surface area (Å²) in [6.45, 7) is 3.06. The Bertz CT molecular complexity index is 614. The number of aryl methyl sites for hydroxylation is 2. The molecule has 2 atom stereocenters. The predicted molar refractivity (Wildman–Crippen MR) is 77.7 cm³/mol. The largest absolute Gasteiger partial charge is 0.366 e. The van der Waals surface area contributed by atoms with Crippen LogP contribution in [0.15, 0.2) is 0 Å². The second kappa shape index (κ2) is 5.56. The number of nitro groups is 1. The molecule has 9 nitrogen and oxygen atoms in total. The summed E-state index contributed by atoms with van der Waals surface area (Å²) in [6, 6.07) is -0.144. The number of rotatable bonds is 3. The quantitative estimate of drug-likeness (QED) is 0.622. The van der Waals surface area contributed by atoms with Crippen LogP contribution < -0.4 is 10.2 Å². The minimum absolute atomic E-state index is 0.0214. The van der Waals surface area contributed by atoms with E-state index in [4.69, 9.17) is 4.74 Å². The maximum atomic E-state index is 11.5. The van der Waals surface area contributed by atoms with E-state index in [1.807, 2.05) is 11.8 Å². The first-order valence-electron chi connectivity index (χ1n) is 7.37. The van der Waals surface area contributed by atoms with Crippen molar-refractivity contribution in [1.29, 1.82) is 0 Å². The zero-order valence-corrected chi connectivity index (χ0v) is 12.6. The number of morpholine rings is 1. The maximum absolute atomic E-state index is 11.5. The molecule has 3 heterocycles. The zero-order chi connectivity index (χ0) is 15.9. The van der Waals surface area contributed by atoms with Gasteiger partial charge in [-0.1, -0.05) is 6.92 Å². The van der Waals surface area contributed by atoms with Gasteiger partial charge in [0.25, 0.3) is 0 Å². The Balaban J connectivity index is 1.90. The van der Waals surface area contributed by atoms with Crippen molar-refractivity contribution >= 4 is 17.4 Å². The highest BCUT2D eigenvalue weighted by Gasteiger charge is 2.38. The summed E-state index contributed by atoms with van der Waals surface area (Å²) in [5.41, 5.74) is 0.542. The number of anilines is 1. The van der Waals surface area contributed by atoms with E-state index < -0.39 is 0 Å². The van der Waals surface area contributed by atoms with Crippen molar-refractivity contribution in [3.63, 3.8) is 0 Å². The molecule has 0 radical (unpaired) electrons. The molecule has 2 aliphatic rings. The molecule has 3 rings (SSSR count). The molecule has 0 aromatic carbocycles. The minimum atomic E-state index is -0.372. The highest BCUT2D eigenvalue weighted by Crippen LogP contribution is 2.34. The van der Waals surface area contributed by atoms with Crippen LogP contribution >= 0.6 is 0 Å². The van der Waals surface area contributed by atoms with Gasteiger partial charge in [0.1, 0.15) is 12.3 Å². The Morgan fingerprint density at radius 3 is 3.00 bits per heavy atom. The number of fused-ring (bicyclic) bond motifs is 1. The fourth-order valence-corrected chi connectivity index (χ4v) is 3.23. The van der Waals surface area contributed by atoms with Crippen LogP contribution in [0.4, 0.5) is 11.5 Å². The molecule has 0 saturated carbocycles. The van der Waals surface area contributed by atoms with E-state index in [1.54, 1.807) is 11.7 Å². The lowest BCUT2D eigenvalue weighted by atomic mass is 10.0. The molecule has 1 amide bonds. The molecule has 2 fully saturated rings. The molecule has 120 valence electrons. The van der Waals surface area contributed by atoms with E-state index in [-0.39, 0.29) is 35.3 Å². The Morgan fingerprint density at radius 2 is 2.32 bits per heavy atom. The lowest BCUT2D eigenvalue weighted by Crippen LogP contribution is -2.60. The number of amides is 1. The second-order valence-corrected chi connectivity index (χ2v) is 5.61. The summed E-state index contributed by atoms with van der Waals surface area (Å²) in [4.78, 5) is 24.4. The average molecular weight is 309 g/mol. The standard InChI is InChI=1S/C13H19N5O4/c1-3-8-12(18(20)21)13(16(2)15-8)17-5-4-10-9(6-17)14-11(19)7-22-10/h9-10H,3-7H2,1-2H3,(H,14,19). The first-order valence-corrected chi connectivity index (χ1v) is 7.37. The van der Waals surface area contributed by atoms with Crippen LogP contribution in [0.1, 0.15) is 19.0 Å². The number of nitrogens with zero attached hydrogens (tertiary/aromatic N) is 4. The highest BCUT2D eigenvalue weighted by atomic mass is 16.6. The Morgan fingerprint density at radius 1 is 1.55 bits per heavy atom. The molecule has 2 saturated heterocycles. The zero-order valence-electron chi connectivity index (χ0n) is 12.6. The van der Waals surface area contributed by atoms with Crippen LogP contribution in [0.2, 0.25) is 0 Å². The number of carbonyl (C=O) groups excluding carboxylic acids is 1. The maximum Gasteiger partial charge on any atom is 0.334 e. The molecule has 0 spiro atoms. The summed E-state index contributed by atoms with van der Waals surface area (Å²) in [7, 11) is 1.71. The molecule has 22 heavy (non-hydrogen) atoms. The summed E-state index contributed by atoms with van der Waals surface area (Å²) in [6.07, 6.45) is 1.20. The van der Waals surface area contributed by atoms with Crippen LogP contribution in [0.25, 0.3) is 0 Å². The monoisotopic (exact) mass is 309 g/mol. The van der Waals surface area contributed by atoms with Crippen LogP contribution in [-0.2, 0) is 23.0 Å². The van der Waals surface area contributed by atoms with Gasteiger partial charge in [-0.2, -0.15) is 5.10 Å². The normalized spacial score (nSPS) is 24.8. The summed E-state index contributed by atoms with van der Waals surface area (Å²) >= 11 is 0. The fraction of sp³-hybridized carbons (Fsp3) is 0.692. The number of nitrogens with one attached hydrogen (secondary N) is 1. The molecule has 1 aromatic rings. The molecular formula is C13H19N5O4. The van der Waals surface area contributed by atoms with Gasteiger partial charge in [0.2, 0.25) is 11.7 Å². The average Bonchev–Trinajstić information content (AvgIpc) is 2.83. The molecule has 9 heteroatoms. The number of hydrogen-bond donors (Lipinski definition) is 1.